The minimum absolute atomic E-state index is 0.120. The number of rotatable bonds is 7. The van der Waals surface area contributed by atoms with E-state index in [9.17, 15) is 9.59 Å². The number of ketones is 2. The van der Waals surface area contributed by atoms with Crippen molar-refractivity contribution in [2.24, 2.45) is 0 Å². The topological polar surface area (TPSA) is 55.8 Å². The van der Waals surface area contributed by atoms with Crippen molar-refractivity contribution in [3.05, 3.63) is 92.3 Å². The molecule has 2 aromatic carbocycles. The van der Waals surface area contributed by atoms with Crippen LogP contribution in [0.1, 0.15) is 61.1 Å². The molecule has 5 nitrogen and oxygen atoms in total. The standard InChI is InChI=1S/C31H31Cl2NO4/c1-4-7-18-14-20(15-27(37-3)31(18)38-17-19-12-13-21(32)16-22(19)33)28-29-23(8-5-10-25(29)35)34(2)24-9-6-11-26(36)30(24)28/h4,12-16,28H,1,5-11,17H2,2-3H3. The molecule has 0 saturated heterocycles. The molecule has 2 aromatic rings. The van der Waals surface area contributed by atoms with Gasteiger partial charge in [-0.2, -0.15) is 0 Å². The molecular formula is C31H31Cl2NO4. The van der Waals surface area contributed by atoms with Gasteiger partial charge in [-0.3, -0.25) is 9.59 Å². The van der Waals surface area contributed by atoms with Crippen molar-refractivity contribution < 1.29 is 19.1 Å². The van der Waals surface area contributed by atoms with Crippen LogP contribution in [-0.4, -0.2) is 30.6 Å². The van der Waals surface area contributed by atoms with Crippen molar-refractivity contribution in [2.45, 2.75) is 57.5 Å². The molecule has 7 heteroatoms. The molecule has 198 valence electrons. The van der Waals surface area contributed by atoms with Gasteiger partial charge in [0.1, 0.15) is 6.61 Å². The number of hydrogen-bond donors (Lipinski definition) is 0. The van der Waals surface area contributed by atoms with E-state index in [0.29, 0.717) is 40.8 Å². The van der Waals surface area contributed by atoms with E-state index in [0.717, 1.165) is 64.9 Å². The van der Waals surface area contributed by atoms with Crippen LogP contribution in [0.4, 0.5) is 0 Å². The Labute approximate surface area is 233 Å². The Balaban J connectivity index is 1.62. The lowest BCUT2D eigenvalue weighted by molar-refractivity contribution is -0.117. The Morgan fingerprint density at radius 2 is 1.63 bits per heavy atom. The summed E-state index contributed by atoms with van der Waals surface area (Å²) in [4.78, 5) is 28.9. The third-order valence-corrected chi connectivity index (χ3v) is 8.29. The summed E-state index contributed by atoms with van der Waals surface area (Å²) in [5.41, 5.74) is 6.13. The smallest absolute Gasteiger partial charge is 0.165 e. The lowest BCUT2D eigenvalue weighted by atomic mass is 9.71. The maximum absolute atomic E-state index is 13.4. The van der Waals surface area contributed by atoms with Gasteiger partial charge < -0.3 is 14.4 Å². The van der Waals surface area contributed by atoms with Gasteiger partial charge in [-0.25, -0.2) is 0 Å². The first-order chi connectivity index (χ1) is 18.3. The third kappa shape index (κ3) is 4.78. The quantitative estimate of drug-likeness (QED) is 0.336. The molecule has 5 rings (SSSR count). The zero-order chi connectivity index (χ0) is 27.0. The first kappa shape index (κ1) is 26.6. The summed E-state index contributed by atoms with van der Waals surface area (Å²) >= 11 is 12.4. The number of carbonyl (C=O) groups excluding carboxylic acids is 2. The molecule has 0 bridgehead atoms. The van der Waals surface area contributed by atoms with Crippen molar-refractivity contribution in [1.29, 1.82) is 0 Å². The van der Waals surface area contributed by atoms with Crippen LogP contribution in [0.15, 0.2) is 65.5 Å². The summed E-state index contributed by atoms with van der Waals surface area (Å²) in [6.45, 7) is 4.16. The second kappa shape index (κ2) is 11.0. The van der Waals surface area contributed by atoms with E-state index in [1.807, 2.05) is 31.3 Å². The summed E-state index contributed by atoms with van der Waals surface area (Å²) in [7, 11) is 3.60. The number of carbonyl (C=O) groups is 2. The fourth-order valence-electron chi connectivity index (χ4n) is 5.95. The van der Waals surface area contributed by atoms with Gasteiger partial charge in [0.2, 0.25) is 0 Å². The van der Waals surface area contributed by atoms with E-state index < -0.39 is 5.92 Å². The van der Waals surface area contributed by atoms with Gasteiger partial charge in [0, 0.05) is 69.5 Å². The van der Waals surface area contributed by atoms with Gasteiger partial charge in [-0.05, 0) is 55.9 Å². The SMILES string of the molecule is C=CCc1cc(C2C3=C(CCCC3=O)N(C)C3=C2C(=O)CCC3)cc(OC)c1OCc1ccc(Cl)cc1Cl. The van der Waals surface area contributed by atoms with Crippen molar-refractivity contribution in [3.8, 4) is 11.5 Å². The zero-order valence-electron chi connectivity index (χ0n) is 21.7. The lowest BCUT2D eigenvalue weighted by Crippen LogP contribution is -2.37. The highest BCUT2D eigenvalue weighted by Crippen LogP contribution is 2.50. The van der Waals surface area contributed by atoms with Gasteiger partial charge >= 0.3 is 0 Å². The maximum atomic E-state index is 13.4. The monoisotopic (exact) mass is 551 g/mol. The van der Waals surface area contributed by atoms with Crippen molar-refractivity contribution in [3.63, 3.8) is 0 Å². The summed E-state index contributed by atoms with van der Waals surface area (Å²) in [5.74, 6) is 0.960. The second-order valence-corrected chi connectivity index (χ2v) is 10.8. The van der Waals surface area contributed by atoms with E-state index in [1.54, 1.807) is 19.2 Å². The number of halogens is 2. The van der Waals surface area contributed by atoms with Crippen LogP contribution < -0.4 is 9.47 Å². The molecule has 3 aliphatic rings. The molecular weight excluding hydrogens is 521 g/mol. The van der Waals surface area contributed by atoms with Crippen LogP contribution >= 0.6 is 23.2 Å². The highest BCUT2D eigenvalue weighted by Gasteiger charge is 2.42. The largest absolute Gasteiger partial charge is 0.493 e. The van der Waals surface area contributed by atoms with E-state index in [1.165, 1.54) is 0 Å². The van der Waals surface area contributed by atoms with E-state index >= 15 is 0 Å². The van der Waals surface area contributed by atoms with Crippen molar-refractivity contribution in [2.75, 3.05) is 14.2 Å². The number of nitrogens with zero attached hydrogens (tertiary/aromatic N) is 1. The first-order valence-corrected chi connectivity index (χ1v) is 13.7. The molecule has 1 heterocycles. The molecule has 0 radical (unpaired) electrons. The van der Waals surface area contributed by atoms with Crippen LogP contribution in [-0.2, 0) is 22.6 Å². The van der Waals surface area contributed by atoms with Gasteiger partial charge in [0.05, 0.1) is 7.11 Å². The normalized spacial score (nSPS) is 17.9. The minimum Gasteiger partial charge on any atom is -0.493 e. The average molecular weight is 552 g/mol. The van der Waals surface area contributed by atoms with Gasteiger partial charge in [0.15, 0.2) is 23.1 Å². The summed E-state index contributed by atoms with van der Waals surface area (Å²) in [6, 6.07) is 9.25. The van der Waals surface area contributed by atoms with Crippen LogP contribution in [0.5, 0.6) is 11.5 Å². The van der Waals surface area contributed by atoms with Crippen LogP contribution in [0.2, 0.25) is 10.0 Å². The minimum atomic E-state index is -0.408. The van der Waals surface area contributed by atoms with E-state index in [4.69, 9.17) is 32.7 Å². The Morgan fingerprint density at radius 1 is 0.974 bits per heavy atom. The number of benzene rings is 2. The van der Waals surface area contributed by atoms with Crippen molar-refractivity contribution in [1.82, 2.24) is 4.90 Å². The molecule has 0 aromatic heterocycles. The van der Waals surface area contributed by atoms with Gasteiger partial charge in [-0.15, -0.1) is 6.58 Å². The highest BCUT2D eigenvalue weighted by atomic mass is 35.5. The Hall–Kier alpha value is -3.02. The first-order valence-electron chi connectivity index (χ1n) is 13.0. The molecule has 0 unspecified atom stereocenters. The predicted molar refractivity (Wildman–Crippen MR) is 150 cm³/mol. The summed E-state index contributed by atoms with van der Waals surface area (Å²) < 4.78 is 12.1. The number of hydrogen-bond acceptors (Lipinski definition) is 5. The summed E-state index contributed by atoms with van der Waals surface area (Å²) in [6.07, 6.45) is 6.66. The van der Waals surface area contributed by atoms with Crippen LogP contribution in [0.3, 0.4) is 0 Å². The number of allylic oxidation sites excluding steroid dienone is 5. The highest BCUT2D eigenvalue weighted by molar-refractivity contribution is 6.35. The second-order valence-electron chi connectivity index (χ2n) is 9.99. The molecule has 0 fully saturated rings. The van der Waals surface area contributed by atoms with Crippen LogP contribution in [0.25, 0.3) is 0 Å². The molecule has 2 aliphatic carbocycles. The Morgan fingerprint density at radius 3 is 2.21 bits per heavy atom. The lowest BCUT2D eigenvalue weighted by Gasteiger charge is -2.42. The fourth-order valence-corrected chi connectivity index (χ4v) is 6.41. The van der Waals surface area contributed by atoms with E-state index in [2.05, 4.69) is 11.5 Å². The maximum Gasteiger partial charge on any atom is 0.165 e. The van der Waals surface area contributed by atoms with Gasteiger partial charge in [0.25, 0.3) is 0 Å². The number of ether oxygens (including phenoxy) is 2. The van der Waals surface area contributed by atoms with Crippen LogP contribution in [0, 0.1) is 0 Å². The average Bonchev–Trinajstić information content (AvgIpc) is 2.90. The molecule has 0 N–H and O–H groups in total. The Bertz CT molecular complexity index is 1350. The number of Topliss-reactive ketones (excluding diaryl/α,β-unsaturated/α-hetero) is 2. The molecule has 0 spiro atoms. The van der Waals surface area contributed by atoms with Crippen molar-refractivity contribution >= 4 is 34.8 Å². The molecule has 0 saturated carbocycles. The molecule has 0 amide bonds. The predicted octanol–water partition coefficient (Wildman–Crippen LogP) is 7.35. The molecule has 1 aliphatic heterocycles. The van der Waals surface area contributed by atoms with Gasteiger partial charge in [-0.1, -0.05) is 41.4 Å². The van der Waals surface area contributed by atoms with E-state index in [-0.39, 0.29) is 18.2 Å². The molecule has 38 heavy (non-hydrogen) atoms. The summed E-state index contributed by atoms with van der Waals surface area (Å²) in [5, 5.41) is 1.08. The number of methoxy groups -OCH3 is 1. The zero-order valence-corrected chi connectivity index (χ0v) is 23.3. The third-order valence-electron chi connectivity index (χ3n) is 7.70. The fraction of sp³-hybridized carbons (Fsp3) is 0.355. The Kier molecular flexibility index (Phi) is 7.69. The molecule has 0 atom stereocenters.